The number of carbonyl (C=O) groups excluding carboxylic acids is 1. The lowest BCUT2D eigenvalue weighted by Gasteiger charge is -2.62. The van der Waals surface area contributed by atoms with Gasteiger partial charge in [-0.15, -0.1) is 0 Å². The van der Waals surface area contributed by atoms with Gasteiger partial charge in [0.25, 0.3) is 0 Å². The Morgan fingerprint density at radius 2 is 2.06 bits per heavy atom. The maximum atomic E-state index is 13.7. The smallest absolute Gasteiger partial charge is 0.492 e. The van der Waals surface area contributed by atoms with E-state index < -0.39 is 31.3 Å². The number of carbonyl (C=O) groups is 1. The topological polar surface area (TPSA) is 132 Å². The van der Waals surface area contributed by atoms with Crippen LogP contribution in [0.4, 0.5) is 0 Å². The molecule has 9 nitrogen and oxygen atoms in total. The lowest BCUT2D eigenvalue weighted by atomic mass is 9.45. The third-order valence-corrected chi connectivity index (χ3v) is 9.00. The number of rotatable bonds is 8. The number of fused-ring (bicyclic) bond motifs is 2. The second-order valence-electron chi connectivity index (χ2n) is 11.1. The molecule has 0 spiro atoms. The summed E-state index contributed by atoms with van der Waals surface area (Å²) in [5.74, 6) is 0.907. The van der Waals surface area contributed by atoms with Gasteiger partial charge in [-0.1, -0.05) is 39.0 Å². The number of hydrogen-bond donors (Lipinski definition) is 5. The quantitative estimate of drug-likeness (QED) is 0.323. The molecule has 4 aliphatic rings. The van der Waals surface area contributed by atoms with Crippen molar-refractivity contribution in [3.05, 3.63) is 23.8 Å². The Hall–Kier alpha value is -1.69. The van der Waals surface area contributed by atoms with Gasteiger partial charge in [0.15, 0.2) is 0 Å². The summed E-state index contributed by atoms with van der Waals surface area (Å²) in [5, 5.41) is 44.7. The first kappa shape index (κ1) is 26.4. The Labute approximate surface area is 207 Å². The van der Waals surface area contributed by atoms with Crippen molar-refractivity contribution in [1.82, 2.24) is 10.4 Å². The standard InChI is InChI=1S/C25H39BN2O7/c1-13-17-9-16(25(17,3)4)10-19(13)27-24(31)22-21(14(2)30)20(12-29)35-28(22)11-15-7-6-8-18(26(32)33)23(15)34-5/h6-8,13-14,16-17,19-22,29-30,32-33H,9-12H2,1-5H3,(H,27,31)/t13-,14-,16-,17+,19-,20-,21+,22-/m0/s1. The first-order valence-corrected chi connectivity index (χ1v) is 12.6. The molecule has 1 amide bonds. The van der Waals surface area contributed by atoms with Crippen LogP contribution in [0.3, 0.4) is 0 Å². The van der Waals surface area contributed by atoms with E-state index in [0.29, 0.717) is 28.7 Å². The Kier molecular flexibility index (Phi) is 7.53. The van der Waals surface area contributed by atoms with Crippen LogP contribution in [0, 0.1) is 29.1 Å². The summed E-state index contributed by atoms with van der Waals surface area (Å²) < 4.78 is 5.44. The number of aliphatic hydroxyl groups is 2. The van der Waals surface area contributed by atoms with Crippen molar-refractivity contribution < 1.29 is 34.6 Å². The molecule has 0 unspecified atom stereocenters. The van der Waals surface area contributed by atoms with E-state index in [-0.39, 0.29) is 36.3 Å². The first-order valence-electron chi connectivity index (χ1n) is 12.6. The van der Waals surface area contributed by atoms with Crippen LogP contribution in [-0.4, -0.2) is 76.4 Å². The minimum Gasteiger partial charge on any atom is -0.497 e. The molecule has 3 aliphatic carbocycles. The second-order valence-corrected chi connectivity index (χ2v) is 11.1. The molecule has 5 rings (SSSR count). The molecule has 1 aromatic carbocycles. The summed E-state index contributed by atoms with van der Waals surface area (Å²) in [4.78, 5) is 19.7. The van der Waals surface area contributed by atoms with Gasteiger partial charge in [-0.05, 0) is 42.9 Å². The van der Waals surface area contributed by atoms with E-state index in [2.05, 4.69) is 26.1 Å². The predicted molar refractivity (Wildman–Crippen MR) is 130 cm³/mol. The van der Waals surface area contributed by atoms with Gasteiger partial charge < -0.3 is 30.3 Å². The van der Waals surface area contributed by atoms with E-state index in [0.717, 1.165) is 6.42 Å². The van der Waals surface area contributed by atoms with Crippen molar-refractivity contribution in [3.63, 3.8) is 0 Å². The maximum absolute atomic E-state index is 13.7. The van der Waals surface area contributed by atoms with Crippen LogP contribution in [0.15, 0.2) is 18.2 Å². The predicted octanol–water partition coefficient (Wildman–Crippen LogP) is 0.0356. The molecule has 0 aromatic heterocycles. The molecule has 1 saturated heterocycles. The van der Waals surface area contributed by atoms with Gasteiger partial charge in [-0.2, -0.15) is 5.06 Å². The number of amides is 1. The molecule has 8 atom stereocenters. The molecule has 5 N–H and O–H groups in total. The Bertz CT molecular complexity index is 927. The molecule has 4 fully saturated rings. The highest BCUT2D eigenvalue weighted by Gasteiger charge is 2.57. The van der Waals surface area contributed by atoms with Crippen LogP contribution in [0.25, 0.3) is 0 Å². The highest BCUT2D eigenvalue weighted by molar-refractivity contribution is 6.59. The number of para-hydroxylation sites is 1. The third-order valence-electron chi connectivity index (χ3n) is 9.00. The van der Waals surface area contributed by atoms with E-state index in [9.17, 15) is 25.1 Å². The summed E-state index contributed by atoms with van der Waals surface area (Å²) in [6.07, 6.45) is 0.488. The number of aliphatic hydroxyl groups excluding tert-OH is 2. The van der Waals surface area contributed by atoms with Gasteiger partial charge >= 0.3 is 7.12 Å². The van der Waals surface area contributed by atoms with E-state index >= 15 is 0 Å². The number of nitrogens with one attached hydrogen (secondary N) is 1. The number of hydroxylamine groups is 2. The summed E-state index contributed by atoms with van der Waals surface area (Å²) >= 11 is 0. The summed E-state index contributed by atoms with van der Waals surface area (Å²) in [5.41, 5.74) is 1.09. The zero-order valence-corrected chi connectivity index (χ0v) is 21.2. The summed E-state index contributed by atoms with van der Waals surface area (Å²) in [7, 11) is -0.283. The largest absolute Gasteiger partial charge is 0.497 e. The molecule has 10 heteroatoms. The third kappa shape index (κ3) is 4.60. The number of benzene rings is 1. The number of ether oxygens (including phenoxy) is 1. The molecule has 1 aliphatic heterocycles. The van der Waals surface area contributed by atoms with Gasteiger partial charge in [0.1, 0.15) is 17.9 Å². The van der Waals surface area contributed by atoms with E-state index in [4.69, 9.17) is 9.57 Å². The van der Waals surface area contributed by atoms with E-state index in [1.807, 2.05) is 0 Å². The minimum absolute atomic E-state index is 0.0475. The van der Waals surface area contributed by atoms with E-state index in [1.54, 1.807) is 25.1 Å². The van der Waals surface area contributed by atoms with Gasteiger partial charge in [-0.25, -0.2) is 0 Å². The molecule has 1 heterocycles. The van der Waals surface area contributed by atoms with Crippen LogP contribution in [-0.2, 0) is 16.2 Å². The monoisotopic (exact) mass is 490 g/mol. The van der Waals surface area contributed by atoms with Crippen molar-refractivity contribution in [1.29, 1.82) is 0 Å². The molecular weight excluding hydrogens is 451 g/mol. The van der Waals surface area contributed by atoms with Gasteiger partial charge in [0, 0.05) is 23.0 Å². The lowest BCUT2D eigenvalue weighted by molar-refractivity contribution is -0.183. The van der Waals surface area contributed by atoms with Crippen molar-refractivity contribution >= 4 is 18.5 Å². The average Bonchev–Trinajstić information content (AvgIpc) is 3.18. The fourth-order valence-electron chi connectivity index (χ4n) is 6.83. The zero-order valence-electron chi connectivity index (χ0n) is 21.2. The molecule has 0 radical (unpaired) electrons. The zero-order chi connectivity index (χ0) is 25.7. The molecule has 35 heavy (non-hydrogen) atoms. The van der Waals surface area contributed by atoms with Gasteiger partial charge in [0.05, 0.1) is 26.4 Å². The number of methoxy groups -OCH3 is 1. The van der Waals surface area contributed by atoms with Gasteiger partial charge in [-0.3, -0.25) is 9.63 Å². The van der Waals surface area contributed by atoms with Crippen LogP contribution in [0.2, 0.25) is 0 Å². The minimum atomic E-state index is -1.72. The van der Waals surface area contributed by atoms with Crippen molar-refractivity contribution in [2.45, 2.75) is 71.4 Å². The molecule has 2 bridgehead atoms. The fraction of sp³-hybridized carbons (Fsp3) is 0.720. The first-order chi connectivity index (χ1) is 16.5. The van der Waals surface area contributed by atoms with Crippen LogP contribution >= 0.6 is 0 Å². The maximum Gasteiger partial charge on any atom is 0.492 e. The summed E-state index contributed by atoms with van der Waals surface area (Å²) in [6, 6.07) is 4.19. The molecular formula is C25H39BN2O7. The van der Waals surface area contributed by atoms with E-state index in [1.165, 1.54) is 18.6 Å². The number of nitrogens with zero attached hydrogens (tertiary/aromatic N) is 1. The van der Waals surface area contributed by atoms with Crippen LogP contribution in [0.1, 0.15) is 46.1 Å². The number of hydrogen-bond acceptors (Lipinski definition) is 8. The Morgan fingerprint density at radius 3 is 2.60 bits per heavy atom. The normalized spacial score (nSPS) is 34.7. The van der Waals surface area contributed by atoms with Crippen molar-refractivity contribution in [2.24, 2.45) is 29.1 Å². The highest BCUT2D eigenvalue weighted by atomic mass is 16.7. The molecule has 194 valence electrons. The highest BCUT2D eigenvalue weighted by Crippen LogP contribution is 2.61. The molecule has 1 aromatic rings. The Balaban J connectivity index is 1.59. The van der Waals surface area contributed by atoms with Crippen LogP contribution in [0.5, 0.6) is 5.75 Å². The van der Waals surface area contributed by atoms with Gasteiger partial charge in [0.2, 0.25) is 5.91 Å². The second kappa shape index (κ2) is 9.99. The molecule has 3 saturated carbocycles. The van der Waals surface area contributed by atoms with Crippen molar-refractivity contribution in [3.8, 4) is 5.75 Å². The average molecular weight is 490 g/mol. The SMILES string of the molecule is COc1c(CN2O[C@@H](CO)[C@@H]([C@H](C)O)[C@H]2C(=O)N[C@H]2C[C@@H]3C[C@H]([C@@H]2C)C3(C)C)cccc1B(O)O. The fourth-order valence-corrected chi connectivity index (χ4v) is 6.83. The Morgan fingerprint density at radius 1 is 1.34 bits per heavy atom. The van der Waals surface area contributed by atoms with Crippen molar-refractivity contribution in [2.75, 3.05) is 13.7 Å². The van der Waals surface area contributed by atoms with Crippen LogP contribution < -0.4 is 15.5 Å². The lowest BCUT2D eigenvalue weighted by Crippen LogP contribution is -2.62. The summed E-state index contributed by atoms with van der Waals surface area (Å²) in [6.45, 7) is 8.18.